The Morgan fingerprint density at radius 3 is 2.55 bits per heavy atom. The molecule has 4 rings (SSSR count). The molecule has 6 heteroatoms. The van der Waals surface area contributed by atoms with Crippen molar-refractivity contribution in [2.45, 2.75) is 19.4 Å². The number of amides is 1. The first-order chi connectivity index (χ1) is 15.2. The fourth-order valence-electron chi connectivity index (χ4n) is 3.08. The van der Waals surface area contributed by atoms with Crippen molar-refractivity contribution in [3.8, 4) is 22.8 Å². The zero-order chi connectivity index (χ0) is 21.5. The van der Waals surface area contributed by atoms with Gasteiger partial charge in [-0.05, 0) is 30.3 Å². The molecule has 0 fully saturated rings. The first kappa shape index (κ1) is 20.3. The summed E-state index contributed by atoms with van der Waals surface area (Å²) in [4.78, 5) is 16.5. The van der Waals surface area contributed by atoms with E-state index in [1.165, 1.54) is 12.3 Å². The third-order valence-electron chi connectivity index (χ3n) is 4.68. The van der Waals surface area contributed by atoms with Gasteiger partial charge in [0.25, 0.3) is 0 Å². The number of aryl methyl sites for hydroxylation is 1. The molecule has 5 nitrogen and oxygen atoms in total. The predicted molar refractivity (Wildman–Crippen MR) is 115 cm³/mol. The summed E-state index contributed by atoms with van der Waals surface area (Å²) in [6.45, 7) is 0.341. The zero-order valence-corrected chi connectivity index (χ0v) is 16.8. The van der Waals surface area contributed by atoms with Gasteiger partial charge < -0.3 is 14.5 Å². The van der Waals surface area contributed by atoms with E-state index in [-0.39, 0.29) is 18.1 Å². The smallest absolute Gasteiger partial charge is 0.220 e. The van der Waals surface area contributed by atoms with Crippen LogP contribution in [0.15, 0.2) is 89.5 Å². The molecule has 0 aliphatic carbocycles. The van der Waals surface area contributed by atoms with Crippen LogP contribution in [0.1, 0.15) is 17.9 Å². The van der Waals surface area contributed by atoms with Crippen molar-refractivity contribution in [3.05, 3.63) is 102 Å². The maximum atomic E-state index is 13.9. The van der Waals surface area contributed by atoms with Gasteiger partial charge in [0.15, 0.2) is 11.7 Å². The molecule has 1 heterocycles. The molecule has 0 aliphatic rings. The molecule has 1 aromatic heterocycles. The topological polar surface area (TPSA) is 64.4 Å². The van der Waals surface area contributed by atoms with Crippen molar-refractivity contribution >= 4 is 5.91 Å². The van der Waals surface area contributed by atoms with Crippen LogP contribution in [0.4, 0.5) is 4.39 Å². The summed E-state index contributed by atoms with van der Waals surface area (Å²) in [5.74, 6) is 1.65. The molecule has 31 heavy (non-hydrogen) atoms. The largest absolute Gasteiger partial charge is 0.457 e. The molecule has 1 N–H and O–H groups in total. The van der Waals surface area contributed by atoms with Crippen LogP contribution in [0.3, 0.4) is 0 Å². The highest BCUT2D eigenvalue weighted by atomic mass is 19.1. The van der Waals surface area contributed by atoms with E-state index in [0.717, 1.165) is 11.3 Å². The number of benzene rings is 3. The van der Waals surface area contributed by atoms with Gasteiger partial charge >= 0.3 is 0 Å². The molecule has 0 spiro atoms. The minimum atomic E-state index is -0.376. The van der Waals surface area contributed by atoms with Crippen LogP contribution >= 0.6 is 0 Å². The van der Waals surface area contributed by atoms with E-state index in [1.54, 1.807) is 18.2 Å². The summed E-state index contributed by atoms with van der Waals surface area (Å²) >= 11 is 0. The highest BCUT2D eigenvalue weighted by molar-refractivity contribution is 5.76. The first-order valence-corrected chi connectivity index (χ1v) is 9.96. The molecule has 1 amide bonds. The van der Waals surface area contributed by atoms with Crippen molar-refractivity contribution in [1.29, 1.82) is 0 Å². The minimum Gasteiger partial charge on any atom is -0.457 e. The Labute approximate surface area is 179 Å². The second-order valence-electron chi connectivity index (χ2n) is 6.90. The Morgan fingerprint density at radius 2 is 1.71 bits per heavy atom. The minimum absolute atomic E-state index is 0.139. The lowest BCUT2D eigenvalue weighted by atomic mass is 10.2. The fourth-order valence-corrected chi connectivity index (χ4v) is 3.08. The average molecular weight is 416 g/mol. The summed E-state index contributed by atoms with van der Waals surface area (Å²) in [5.41, 5.74) is 1.22. The van der Waals surface area contributed by atoms with E-state index in [2.05, 4.69) is 10.3 Å². The second kappa shape index (κ2) is 9.71. The third kappa shape index (κ3) is 5.36. The summed E-state index contributed by atoms with van der Waals surface area (Å²) in [6, 6.07) is 23.4. The van der Waals surface area contributed by atoms with E-state index in [0.29, 0.717) is 35.9 Å². The normalized spacial score (nSPS) is 10.6. The van der Waals surface area contributed by atoms with Gasteiger partial charge in [-0.1, -0.05) is 48.5 Å². The van der Waals surface area contributed by atoms with Crippen LogP contribution in [0.25, 0.3) is 11.3 Å². The van der Waals surface area contributed by atoms with Crippen molar-refractivity contribution in [3.63, 3.8) is 0 Å². The van der Waals surface area contributed by atoms with Crippen molar-refractivity contribution in [1.82, 2.24) is 10.3 Å². The molecule has 156 valence electrons. The van der Waals surface area contributed by atoms with Crippen LogP contribution in [-0.4, -0.2) is 10.9 Å². The van der Waals surface area contributed by atoms with Crippen molar-refractivity contribution < 1.29 is 18.3 Å². The summed E-state index contributed by atoms with van der Waals surface area (Å²) in [7, 11) is 0. The van der Waals surface area contributed by atoms with Crippen LogP contribution < -0.4 is 10.1 Å². The number of carbonyl (C=O) groups excluding carboxylic acids is 1. The van der Waals surface area contributed by atoms with Crippen molar-refractivity contribution in [2.24, 2.45) is 0 Å². The molecule has 0 saturated heterocycles. The maximum Gasteiger partial charge on any atom is 0.220 e. The summed E-state index contributed by atoms with van der Waals surface area (Å²) < 4.78 is 25.4. The average Bonchev–Trinajstić information content (AvgIpc) is 3.27. The van der Waals surface area contributed by atoms with Crippen LogP contribution in [0.5, 0.6) is 11.5 Å². The Balaban J connectivity index is 1.31. The van der Waals surface area contributed by atoms with Gasteiger partial charge in [0.1, 0.15) is 17.3 Å². The quantitative estimate of drug-likeness (QED) is 0.411. The number of halogens is 1. The third-order valence-corrected chi connectivity index (χ3v) is 4.68. The molecular weight excluding hydrogens is 395 g/mol. The molecule has 0 saturated carbocycles. The number of nitrogens with one attached hydrogen (secondary N) is 1. The van der Waals surface area contributed by atoms with Crippen LogP contribution in [-0.2, 0) is 17.8 Å². The lowest BCUT2D eigenvalue weighted by molar-refractivity contribution is -0.121. The van der Waals surface area contributed by atoms with E-state index in [9.17, 15) is 9.18 Å². The Kier molecular flexibility index (Phi) is 6.38. The van der Waals surface area contributed by atoms with E-state index in [4.69, 9.17) is 9.15 Å². The Bertz CT molecular complexity index is 1160. The molecule has 0 atom stereocenters. The zero-order valence-electron chi connectivity index (χ0n) is 16.8. The second-order valence-corrected chi connectivity index (χ2v) is 6.90. The van der Waals surface area contributed by atoms with Gasteiger partial charge in [-0.2, -0.15) is 0 Å². The number of rotatable bonds is 8. The number of hydrogen-bond acceptors (Lipinski definition) is 4. The van der Waals surface area contributed by atoms with Gasteiger partial charge in [-0.3, -0.25) is 4.79 Å². The monoisotopic (exact) mass is 416 g/mol. The number of aromatic nitrogens is 1. The van der Waals surface area contributed by atoms with Crippen LogP contribution in [0, 0.1) is 5.82 Å². The lowest BCUT2D eigenvalue weighted by Gasteiger charge is -2.12. The molecular formula is C25H21FN2O3. The SMILES string of the molecule is O=C(CCc1ncc(-c2ccccc2F)o1)NCc1ccccc1Oc1ccccc1. The number of nitrogens with zero attached hydrogens (tertiary/aromatic N) is 1. The summed E-state index contributed by atoms with van der Waals surface area (Å²) in [5, 5.41) is 2.89. The van der Waals surface area contributed by atoms with E-state index < -0.39 is 0 Å². The van der Waals surface area contributed by atoms with Gasteiger partial charge in [0.2, 0.25) is 5.91 Å². The Hall–Kier alpha value is -3.93. The van der Waals surface area contributed by atoms with E-state index >= 15 is 0 Å². The highest BCUT2D eigenvalue weighted by Crippen LogP contribution is 2.25. The number of hydrogen-bond donors (Lipinski definition) is 1. The number of oxazole rings is 1. The van der Waals surface area contributed by atoms with Crippen LogP contribution in [0.2, 0.25) is 0 Å². The molecule has 0 bridgehead atoms. The predicted octanol–water partition coefficient (Wildman–Crippen LogP) is 5.52. The lowest BCUT2D eigenvalue weighted by Crippen LogP contribution is -2.23. The molecule has 0 unspecified atom stereocenters. The number of ether oxygens (including phenoxy) is 1. The standard InChI is InChI=1S/C25H21FN2O3/c26-21-12-6-5-11-20(21)23-17-28-25(31-23)15-14-24(29)27-16-18-8-4-7-13-22(18)30-19-9-2-1-3-10-19/h1-13,17H,14-16H2,(H,27,29). The molecule has 4 aromatic rings. The molecule has 0 radical (unpaired) electrons. The van der Waals surface area contributed by atoms with Gasteiger partial charge in [0, 0.05) is 24.9 Å². The van der Waals surface area contributed by atoms with Gasteiger partial charge in [-0.25, -0.2) is 9.37 Å². The molecule has 3 aromatic carbocycles. The fraction of sp³-hybridized carbons (Fsp3) is 0.120. The number of para-hydroxylation sites is 2. The van der Waals surface area contributed by atoms with Gasteiger partial charge in [-0.15, -0.1) is 0 Å². The number of carbonyl (C=O) groups is 1. The van der Waals surface area contributed by atoms with Crippen molar-refractivity contribution in [2.75, 3.05) is 0 Å². The van der Waals surface area contributed by atoms with Gasteiger partial charge in [0.05, 0.1) is 11.8 Å². The maximum absolute atomic E-state index is 13.9. The molecule has 0 aliphatic heterocycles. The summed E-state index contributed by atoms with van der Waals surface area (Å²) in [6.07, 6.45) is 2.00. The Morgan fingerprint density at radius 1 is 0.968 bits per heavy atom. The first-order valence-electron chi connectivity index (χ1n) is 9.96. The highest BCUT2D eigenvalue weighted by Gasteiger charge is 2.12. The van der Waals surface area contributed by atoms with E-state index in [1.807, 2.05) is 54.6 Å².